The number of aromatic amines is 1. The van der Waals surface area contributed by atoms with Crippen LogP contribution in [0.25, 0.3) is 10.9 Å². The zero-order valence-corrected chi connectivity index (χ0v) is 17.1. The molecule has 0 saturated carbocycles. The molecule has 0 amide bonds. The Morgan fingerprint density at radius 2 is 2.06 bits per heavy atom. The maximum absolute atomic E-state index is 11.2. The van der Waals surface area contributed by atoms with Crippen LogP contribution in [0, 0.1) is 22.0 Å². The Bertz CT molecular complexity index is 1180. The van der Waals surface area contributed by atoms with E-state index in [0.717, 1.165) is 48.8 Å². The van der Waals surface area contributed by atoms with Crippen LogP contribution in [-0.2, 0) is 12.8 Å². The Kier molecular flexibility index (Phi) is 4.70. The molecule has 2 heterocycles. The van der Waals surface area contributed by atoms with E-state index < -0.39 is 0 Å². The summed E-state index contributed by atoms with van der Waals surface area (Å²) in [5.41, 5.74) is 4.26. The number of fused-ring (bicyclic) bond motifs is 4. The van der Waals surface area contributed by atoms with E-state index >= 15 is 0 Å². The number of H-pyrrole nitrogens is 1. The van der Waals surface area contributed by atoms with Crippen LogP contribution in [0.5, 0.6) is 5.75 Å². The molecule has 3 unspecified atom stereocenters. The molecule has 1 fully saturated rings. The Balaban J connectivity index is 1.44. The molecule has 3 N–H and O–H groups in total. The average molecular weight is 419 g/mol. The number of nitro benzene ring substituents is 1. The van der Waals surface area contributed by atoms with Crippen molar-refractivity contribution >= 4 is 16.6 Å². The van der Waals surface area contributed by atoms with E-state index in [1.165, 1.54) is 11.3 Å². The highest BCUT2D eigenvalue weighted by Gasteiger charge is 2.38. The second-order valence-electron chi connectivity index (χ2n) is 8.77. The number of hydrogen-bond donors (Lipinski definition) is 3. The van der Waals surface area contributed by atoms with Gasteiger partial charge in [0.15, 0.2) is 0 Å². The number of hydrogen-bond acceptors (Lipinski definition) is 5. The molecule has 1 aromatic heterocycles. The van der Waals surface area contributed by atoms with Gasteiger partial charge in [0.25, 0.3) is 5.69 Å². The molecular weight excluding hydrogens is 394 g/mol. The predicted octanol–water partition coefficient (Wildman–Crippen LogP) is 4.63. The first-order valence-electron chi connectivity index (χ1n) is 10.6. The van der Waals surface area contributed by atoms with Gasteiger partial charge in [-0.15, -0.1) is 0 Å². The fraction of sp³-hybridized carbons (Fsp3) is 0.333. The van der Waals surface area contributed by atoms with Gasteiger partial charge in [0.2, 0.25) is 0 Å². The first-order valence-corrected chi connectivity index (χ1v) is 10.6. The third-order valence-electron chi connectivity index (χ3n) is 6.91. The lowest BCUT2D eigenvalue weighted by atomic mass is 9.73. The van der Waals surface area contributed by atoms with Crippen LogP contribution in [0.1, 0.15) is 29.3 Å². The van der Waals surface area contributed by atoms with Gasteiger partial charge in [-0.3, -0.25) is 15.0 Å². The number of rotatable bonds is 4. The Labute approximate surface area is 179 Å². The predicted molar refractivity (Wildman–Crippen MR) is 118 cm³/mol. The molecule has 0 bridgehead atoms. The van der Waals surface area contributed by atoms with Gasteiger partial charge in [0.05, 0.1) is 11.0 Å². The second kappa shape index (κ2) is 7.42. The summed E-state index contributed by atoms with van der Waals surface area (Å²) in [6.45, 7) is 5.43. The van der Waals surface area contributed by atoms with Crippen molar-refractivity contribution in [3.05, 3.63) is 81.7 Å². The quantitative estimate of drug-likeness (QED) is 0.325. The molecule has 5 rings (SSSR count). The number of nitrogens with one attached hydrogen (secondary N) is 1. The van der Waals surface area contributed by atoms with Gasteiger partial charge >= 0.3 is 0 Å². The largest absolute Gasteiger partial charge is 0.511 e. The maximum Gasteiger partial charge on any atom is 0.270 e. The molecule has 1 aliphatic carbocycles. The third kappa shape index (κ3) is 3.45. The molecular formula is C24H25N3O4. The van der Waals surface area contributed by atoms with E-state index in [4.69, 9.17) is 0 Å². The Hall–Kier alpha value is -3.32. The molecule has 3 aromatic rings. The molecule has 2 aromatic carbocycles. The number of benzene rings is 2. The number of likely N-dealkylation sites (tertiary alicyclic amines) is 1. The van der Waals surface area contributed by atoms with Crippen LogP contribution in [0.4, 0.5) is 5.69 Å². The molecule has 0 spiro atoms. The summed E-state index contributed by atoms with van der Waals surface area (Å²) in [7, 11) is 0. The van der Waals surface area contributed by atoms with Crippen molar-refractivity contribution < 1.29 is 15.1 Å². The summed E-state index contributed by atoms with van der Waals surface area (Å²) in [4.78, 5) is 16.6. The van der Waals surface area contributed by atoms with Gasteiger partial charge in [0, 0.05) is 35.3 Å². The summed E-state index contributed by atoms with van der Waals surface area (Å²) in [5, 5.41) is 32.4. The van der Waals surface area contributed by atoms with Crippen molar-refractivity contribution in [2.45, 2.75) is 25.3 Å². The number of aliphatic hydroxyl groups excluding tert-OH is 1. The number of nitro groups is 1. The summed E-state index contributed by atoms with van der Waals surface area (Å²) < 4.78 is 0. The van der Waals surface area contributed by atoms with Crippen LogP contribution >= 0.6 is 0 Å². The fourth-order valence-corrected chi connectivity index (χ4v) is 5.49. The van der Waals surface area contributed by atoms with Gasteiger partial charge < -0.3 is 15.2 Å². The lowest BCUT2D eigenvalue weighted by molar-refractivity contribution is -0.384. The average Bonchev–Trinajstić information content (AvgIpc) is 3.08. The zero-order chi connectivity index (χ0) is 21.7. The zero-order valence-electron chi connectivity index (χ0n) is 17.1. The highest BCUT2D eigenvalue weighted by molar-refractivity contribution is 5.87. The van der Waals surface area contributed by atoms with E-state index in [-0.39, 0.29) is 28.2 Å². The third-order valence-corrected chi connectivity index (χ3v) is 6.91. The van der Waals surface area contributed by atoms with E-state index in [1.54, 1.807) is 36.4 Å². The molecule has 7 nitrogen and oxygen atoms in total. The van der Waals surface area contributed by atoms with Crippen LogP contribution in [0.2, 0.25) is 0 Å². The molecule has 31 heavy (non-hydrogen) atoms. The Morgan fingerprint density at radius 1 is 1.23 bits per heavy atom. The molecule has 160 valence electrons. The van der Waals surface area contributed by atoms with Gasteiger partial charge in [-0.2, -0.15) is 0 Å². The second-order valence-corrected chi connectivity index (χ2v) is 8.77. The fourth-order valence-electron chi connectivity index (χ4n) is 5.49. The first-order chi connectivity index (χ1) is 14.9. The number of nitrogens with zero attached hydrogens (tertiary/aromatic N) is 2. The molecule has 1 saturated heterocycles. The van der Waals surface area contributed by atoms with Crippen LogP contribution < -0.4 is 0 Å². The van der Waals surface area contributed by atoms with Gasteiger partial charge in [0.1, 0.15) is 11.5 Å². The molecule has 3 atom stereocenters. The normalized spacial score (nSPS) is 21.9. The van der Waals surface area contributed by atoms with Gasteiger partial charge in [-0.05, 0) is 67.0 Å². The first kappa shape index (κ1) is 19.6. The lowest BCUT2D eigenvalue weighted by Gasteiger charge is -2.44. The summed E-state index contributed by atoms with van der Waals surface area (Å²) >= 11 is 0. The van der Waals surface area contributed by atoms with Crippen molar-refractivity contribution in [2.75, 3.05) is 13.1 Å². The Morgan fingerprint density at radius 3 is 2.81 bits per heavy atom. The minimum atomic E-state index is -0.362. The number of phenolic OH excluding ortho intramolecular Hbond substituents is 1. The van der Waals surface area contributed by atoms with E-state index in [9.17, 15) is 20.3 Å². The summed E-state index contributed by atoms with van der Waals surface area (Å²) in [5.74, 6) is 1.16. The highest BCUT2D eigenvalue weighted by Crippen LogP contribution is 2.42. The van der Waals surface area contributed by atoms with Gasteiger partial charge in [-0.25, -0.2) is 0 Å². The molecule has 2 aliphatic rings. The molecule has 7 heteroatoms. The van der Waals surface area contributed by atoms with E-state index in [0.29, 0.717) is 11.8 Å². The van der Waals surface area contributed by atoms with Crippen LogP contribution in [-0.4, -0.2) is 38.1 Å². The number of non-ortho nitro benzene ring substituents is 1. The lowest BCUT2D eigenvalue weighted by Crippen LogP contribution is -2.45. The summed E-state index contributed by atoms with van der Waals surface area (Å²) in [6.07, 6.45) is 2.79. The SMILES string of the molecule is C=C(O)C(c1cccc(O)c1)N1CCC2Cc3[nH]c4ccc([N+](=O)[O-])cc4c3CC2C1. The van der Waals surface area contributed by atoms with E-state index in [1.807, 2.05) is 6.07 Å². The van der Waals surface area contributed by atoms with Crippen molar-refractivity contribution in [1.29, 1.82) is 0 Å². The maximum atomic E-state index is 11.2. The monoisotopic (exact) mass is 419 g/mol. The minimum Gasteiger partial charge on any atom is -0.511 e. The van der Waals surface area contributed by atoms with E-state index in [2.05, 4.69) is 16.5 Å². The van der Waals surface area contributed by atoms with Gasteiger partial charge in [-0.1, -0.05) is 18.7 Å². The van der Waals surface area contributed by atoms with Crippen molar-refractivity contribution in [3.63, 3.8) is 0 Å². The minimum absolute atomic E-state index is 0.0725. The standard InChI is InChI=1S/C24H25N3O4/c1-14(28)24(16-3-2-4-19(29)9-16)26-8-7-15-11-23-20(10-17(15)13-26)21-12-18(27(30)31)5-6-22(21)25-23/h2-6,9,12,15,17,24-25,28-29H,1,7-8,10-11,13H2. The number of phenols is 1. The van der Waals surface area contributed by atoms with Crippen molar-refractivity contribution in [1.82, 2.24) is 9.88 Å². The van der Waals surface area contributed by atoms with Crippen molar-refractivity contribution in [3.8, 4) is 5.75 Å². The van der Waals surface area contributed by atoms with Crippen LogP contribution in [0.15, 0.2) is 54.8 Å². The number of piperidine rings is 1. The topological polar surface area (TPSA) is 103 Å². The number of aliphatic hydroxyl groups is 1. The molecule has 1 aliphatic heterocycles. The number of aromatic hydroxyl groups is 1. The molecule has 0 radical (unpaired) electrons. The highest BCUT2D eigenvalue weighted by atomic mass is 16.6. The van der Waals surface area contributed by atoms with Crippen LogP contribution in [0.3, 0.4) is 0 Å². The van der Waals surface area contributed by atoms with Crippen molar-refractivity contribution in [2.24, 2.45) is 11.8 Å². The number of aromatic nitrogens is 1. The summed E-state index contributed by atoms with van der Waals surface area (Å²) in [6, 6.07) is 11.6. The smallest absolute Gasteiger partial charge is 0.270 e.